The van der Waals surface area contributed by atoms with Crippen molar-refractivity contribution in [3.63, 3.8) is 0 Å². The van der Waals surface area contributed by atoms with E-state index in [1.54, 1.807) is 31.2 Å². The molecule has 3 rings (SSSR count). The molecule has 2 aromatic rings. The lowest BCUT2D eigenvalue weighted by Gasteiger charge is -2.19. The summed E-state index contributed by atoms with van der Waals surface area (Å²) in [6.07, 6.45) is 1.40. The summed E-state index contributed by atoms with van der Waals surface area (Å²) in [6.45, 7) is 1.75. The molecule has 0 fully saturated rings. The first-order valence-corrected chi connectivity index (χ1v) is 7.81. The van der Waals surface area contributed by atoms with Gasteiger partial charge in [-0.1, -0.05) is 35.9 Å². The number of rotatable bonds is 4. The molecule has 0 heterocycles. The van der Waals surface area contributed by atoms with Gasteiger partial charge in [-0.3, -0.25) is 4.79 Å². The molecule has 0 saturated carbocycles. The van der Waals surface area contributed by atoms with Gasteiger partial charge in [0.25, 0.3) is 5.91 Å². The maximum atomic E-state index is 12.3. The topological polar surface area (TPSA) is 38.3 Å². The quantitative estimate of drug-likeness (QED) is 0.929. The number of ether oxygens (including phenoxy) is 1. The Balaban J connectivity index is 1.61. The summed E-state index contributed by atoms with van der Waals surface area (Å²) >= 11 is 5.84. The summed E-state index contributed by atoms with van der Waals surface area (Å²) in [5.41, 5.74) is 2.54. The molecule has 3 nitrogen and oxygen atoms in total. The van der Waals surface area contributed by atoms with Crippen LogP contribution < -0.4 is 10.1 Å². The number of amides is 1. The monoisotopic (exact) mass is 315 g/mol. The average molecular weight is 316 g/mol. The van der Waals surface area contributed by atoms with Crippen LogP contribution in [0.25, 0.3) is 0 Å². The molecule has 1 N–H and O–H groups in total. The van der Waals surface area contributed by atoms with Gasteiger partial charge in [-0.05, 0) is 55.2 Å². The Kier molecular flexibility index (Phi) is 4.34. The number of nitrogens with one attached hydrogen (secondary N) is 1. The maximum absolute atomic E-state index is 12.3. The van der Waals surface area contributed by atoms with Crippen LogP contribution in [0.15, 0.2) is 48.5 Å². The second-order valence-electron chi connectivity index (χ2n) is 5.51. The van der Waals surface area contributed by atoms with Crippen LogP contribution >= 0.6 is 11.6 Å². The third-order valence-corrected chi connectivity index (χ3v) is 4.20. The minimum atomic E-state index is -0.547. The predicted molar refractivity (Wildman–Crippen MR) is 87.2 cm³/mol. The van der Waals surface area contributed by atoms with Crippen LogP contribution in [0.1, 0.15) is 30.5 Å². The number of benzene rings is 2. The Morgan fingerprint density at radius 1 is 1.23 bits per heavy atom. The van der Waals surface area contributed by atoms with Crippen LogP contribution in [0, 0.1) is 0 Å². The highest BCUT2D eigenvalue weighted by atomic mass is 35.5. The lowest BCUT2D eigenvalue weighted by molar-refractivity contribution is -0.128. The van der Waals surface area contributed by atoms with Crippen LogP contribution in [-0.2, 0) is 11.2 Å². The van der Waals surface area contributed by atoms with Gasteiger partial charge in [-0.2, -0.15) is 0 Å². The van der Waals surface area contributed by atoms with Crippen LogP contribution in [0.5, 0.6) is 5.75 Å². The standard InChI is InChI=1S/C18H18ClNO2/c1-12(22-15-9-7-14(19)8-10-15)18(21)20-17-11-6-13-4-2-3-5-16(13)17/h2-5,7-10,12,17H,6,11H2,1H3,(H,20,21). The van der Waals surface area contributed by atoms with Gasteiger partial charge in [0, 0.05) is 5.02 Å². The van der Waals surface area contributed by atoms with Gasteiger partial charge < -0.3 is 10.1 Å². The first kappa shape index (κ1) is 14.9. The summed E-state index contributed by atoms with van der Waals surface area (Å²) in [4.78, 5) is 12.3. The molecule has 2 unspecified atom stereocenters. The fourth-order valence-corrected chi connectivity index (χ4v) is 2.89. The van der Waals surface area contributed by atoms with Crippen LogP contribution in [0.2, 0.25) is 5.02 Å². The first-order chi connectivity index (χ1) is 10.6. The van der Waals surface area contributed by atoms with Crippen molar-refractivity contribution in [3.8, 4) is 5.75 Å². The Hall–Kier alpha value is -2.00. The zero-order chi connectivity index (χ0) is 15.5. The van der Waals surface area contributed by atoms with Gasteiger partial charge in [0.1, 0.15) is 5.75 Å². The van der Waals surface area contributed by atoms with E-state index < -0.39 is 6.10 Å². The fraction of sp³-hybridized carbons (Fsp3) is 0.278. The van der Waals surface area contributed by atoms with Crippen molar-refractivity contribution < 1.29 is 9.53 Å². The molecule has 22 heavy (non-hydrogen) atoms. The number of carbonyl (C=O) groups is 1. The van der Waals surface area contributed by atoms with Gasteiger partial charge in [0.2, 0.25) is 0 Å². The largest absolute Gasteiger partial charge is 0.481 e. The summed E-state index contributed by atoms with van der Waals surface area (Å²) in [5, 5.41) is 3.72. The van der Waals surface area contributed by atoms with E-state index in [0.29, 0.717) is 10.8 Å². The molecular weight excluding hydrogens is 298 g/mol. The first-order valence-electron chi connectivity index (χ1n) is 7.44. The molecule has 2 aromatic carbocycles. The maximum Gasteiger partial charge on any atom is 0.261 e. The molecule has 0 saturated heterocycles. The Morgan fingerprint density at radius 3 is 2.73 bits per heavy atom. The molecule has 1 amide bonds. The number of fused-ring (bicyclic) bond motifs is 1. The molecule has 0 bridgehead atoms. The van der Waals surface area contributed by atoms with Crippen molar-refractivity contribution in [1.29, 1.82) is 0 Å². The van der Waals surface area contributed by atoms with Crippen LogP contribution in [-0.4, -0.2) is 12.0 Å². The van der Waals surface area contributed by atoms with Crippen molar-refractivity contribution in [3.05, 3.63) is 64.7 Å². The average Bonchev–Trinajstić information content (AvgIpc) is 2.93. The molecule has 4 heteroatoms. The van der Waals surface area contributed by atoms with E-state index in [1.807, 2.05) is 12.1 Å². The molecule has 1 aliphatic rings. The van der Waals surface area contributed by atoms with Crippen molar-refractivity contribution >= 4 is 17.5 Å². The number of aryl methyl sites for hydroxylation is 1. The normalized spacial score (nSPS) is 17.6. The van der Waals surface area contributed by atoms with E-state index in [1.165, 1.54) is 11.1 Å². The zero-order valence-corrected chi connectivity index (χ0v) is 13.1. The highest BCUT2D eigenvalue weighted by Gasteiger charge is 2.25. The Bertz CT molecular complexity index is 669. The van der Waals surface area contributed by atoms with Crippen LogP contribution in [0.4, 0.5) is 0 Å². The zero-order valence-electron chi connectivity index (χ0n) is 12.4. The SMILES string of the molecule is CC(Oc1ccc(Cl)cc1)C(=O)NC1CCc2ccccc21. The number of hydrogen-bond acceptors (Lipinski definition) is 2. The molecule has 2 atom stereocenters. The van der Waals surface area contributed by atoms with E-state index in [4.69, 9.17) is 16.3 Å². The molecule has 0 aromatic heterocycles. The second kappa shape index (κ2) is 6.41. The highest BCUT2D eigenvalue weighted by Crippen LogP contribution is 2.30. The summed E-state index contributed by atoms with van der Waals surface area (Å²) in [6, 6.07) is 15.3. The molecular formula is C18H18ClNO2. The second-order valence-corrected chi connectivity index (χ2v) is 5.95. The van der Waals surface area contributed by atoms with E-state index in [-0.39, 0.29) is 11.9 Å². The third-order valence-electron chi connectivity index (χ3n) is 3.95. The molecule has 1 aliphatic carbocycles. The summed E-state index contributed by atoms with van der Waals surface area (Å²) in [5.74, 6) is 0.538. The van der Waals surface area contributed by atoms with Gasteiger partial charge in [0.15, 0.2) is 6.10 Å². The number of halogens is 1. The minimum absolute atomic E-state index is 0.0833. The van der Waals surface area contributed by atoms with E-state index in [2.05, 4.69) is 17.4 Å². The van der Waals surface area contributed by atoms with Crippen molar-refractivity contribution in [2.75, 3.05) is 0 Å². The lowest BCUT2D eigenvalue weighted by Crippen LogP contribution is -2.38. The predicted octanol–water partition coefficient (Wildman–Crippen LogP) is 3.91. The Morgan fingerprint density at radius 2 is 1.95 bits per heavy atom. The fourth-order valence-electron chi connectivity index (χ4n) is 2.77. The number of carbonyl (C=O) groups excluding carboxylic acids is 1. The molecule has 0 aliphatic heterocycles. The van der Waals surface area contributed by atoms with Crippen molar-refractivity contribution in [1.82, 2.24) is 5.32 Å². The summed E-state index contributed by atoms with van der Waals surface area (Å²) < 4.78 is 5.66. The van der Waals surface area contributed by atoms with Crippen molar-refractivity contribution in [2.24, 2.45) is 0 Å². The van der Waals surface area contributed by atoms with E-state index in [9.17, 15) is 4.79 Å². The van der Waals surface area contributed by atoms with Gasteiger partial charge >= 0.3 is 0 Å². The van der Waals surface area contributed by atoms with Gasteiger partial charge in [0.05, 0.1) is 6.04 Å². The van der Waals surface area contributed by atoms with E-state index >= 15 is 0 Å². The van der Waals surface area contributed by atoms with Crippen LogP contribution in [0.3, 0.4) is 0 Å². The van der Waals surface area contributed by atoms with Crippen molar-refractivity contribution in [2.45, 2.75) is 31.9 Å². The van der Waals surface area contributed by atoms with Gasteiger partial charge in [-0.25, -0.2) is 0 Å². The minimum Gasteiger partial charge on any atom is -0.481 e. The molecule has 114 valence electrons. The summed E-state index contributed by atoms with van der Waals surface area (Å²) in [7, 11) is 0. The van der Waals surface area contributed by atoms with Gasteiger partial charge in [-0.15, -0.1) is 0 Å². The lowest BCUT2D eigenvalue weighted by atomic mass is 10.1. The third kappa shape index (κ3) is 3.25. The smallest absolute Gasteiger partial charge is 0.261 e. The van der Waals surface area contributed by atoms with E-state index in [0.717, 1.165) is 12.8 Å². The highest BCUT2D eigenvalue weighted by molar-refractivity contribution is 6.30. The molecule has 0 spiro atoms. The number of hydrogen-bond donors (Lipinski definition) is 1. The molecule has 0 radical (unpaired) electrons. The Labute approximate surface area is 135 Å².